The zero-order valence-electron chi connectivity index (χ0n) is 10.5. The van der Waals surface area contributed by atoms with Crippen LogP contribution in [-0.2, 0) is 0 Å². The first-order chi connectivity index (χ1) is 9.70. The number of amides is 1. The van der Waals surface area contributed by atoms with E-state index in [4.69, 9.17) is 11.6 Å². The zero-order valence-corrected chi connectivity index (χ0v) is 12.1. The topological polar surface area (TPSA) is 54.9 Å². The van der Waals surface area contributed by atoms with Crippen LogP contribution in [0.1, 0.15) is 10.5 Å². The molecule has 0 fully saturated rings. The highest BCUT2D eigenvalue weighted by Gasteiger charge is 2.10. The second-order valence-corrected chi connectivity index (χ2v) is 5.22. The van der Waals surface area contributed by atoms with Crippen molar-refractivity contribution >= 4 is 35.0 Å². The van der Waals surface area contributed by atoms with Crippen molar-refractivity contribution in [2.75, 3.05) is 11.1 Å². The molecule has 2 aromatic rings. The highest BCUT2D eigenvalue weighted by Crippen LogP contribution is 2.27. The lowest BCUT2D eigenvalue weighted by Gasteiger charge is -2.09. The molecule has 102 valence electrons. The molecule has 6 heteroatoms. The Hall–Kier alpha value is -1.85. The maximum Gasteiger partial charge on any atom is 0.275 e. The summed E-state index contributed by atoms with van der Waals surface area (Å²) in [5.41, 5.74) is 0.957. The largest absolute Gasteiger partial charge is 0.320 e. The Bertz CT molecular complexity index is 616. The van der Waals surface area contributed by atoms with Crippen LogP contribution in [0.3, 0.4) is 0 Å². The maximum absolute atomic E-state index is 12.1. The molecule has 1 amide bonds. The first kappa shape index (κ1) is 14.6. The summed E-state index contributed by atoms with van der Waals surface area (Å²) in [5, 5.41) is 3.07. The molecule has 1 aromatic carbocycles. The predicted octanol–water partition coefficient (Wildman–Crippen LogP) is 3.66. The van der Waals surface area contributed by atoms with Crippen LogP contribution in [0.15, 0.2) is 54.2 Å². The summed E-state index contributed by atoms with van der Waals surface area (Å²) in [7, 11) is 0. The minimum atomic E-state index is -0.319. The molecule has 0 aliphatic rings. The van der Waals surface area contributed by atoms with Gasteiger partial charge in [-0.1, -0.05) is 29.8 Å². The van der Waals surface area contributed by atoms with E-state index in [9.17, 15) is 4.79 Å². The van der Waals surface area contributed by atoms with Crippen LogP contribution in [0.5, 0.6) is 0 Å². The van der Waals surface area contributed by atoms with Crippen molar-refractivity contribution in [3.63, 3.8) is 0 Å². The summed E-state index contributed by atoms with van der Waals surface area (Å²) < 4.78 is 0. The van der Waals surface area contributed by atoms with Crippen molar-refractivity contribution in [2.45, 2.75) is 4.90 Å². The molecule has 4 nitrogen and oxygen atoms in total. The second-order valence-electron chi connectivity index (χ2n) is 3.77. The molecule has 0 saturated carbocycles. The summed E-state index contributed by atoms with van der Waals surface area (Å²) in [5.74, 6) is 0.453. The smallest absolute Gasteiger partial charge is 0.275 e. The monoisotopic (exact) mass is 305 g/mol. The van der Waals surface area contributed by atoms with Crippen LogP contribution in [0.2, 0.25) is 5.15 Å². The van der Waals surface area contributed by atoms with Gasteiger partial charge in [-0.3, -0.25) is 4.79 Å². The van der Waals surface area contributed by atoms with Crippen LogP contribution in [-0.4, -0.2) is 21.6 Å². The molecule has 1 N–H and O–H groups in total. The van der Waals surface area contributed by atoms with Gasteiger partial charge in [0, 0.05) is 10.6 Å². The molecule has 0 aliphatic heterocycles. The van der Waals surface area contributed by atoms with Gasteiger partial charge in [-0.15, -0.1) is 18.3 Å². The quantitative estimate of drug-likeness (QED) is 0.676. The van der Waals surface area contributed by atoms with Gasteiger partial charge in [-0.05, 0) is 12.1 Å². The lowest BCUT2D eigenvalue weighted by atomic mass is 10.3. The van der Waals surface area contributed by atoms with Crippen LogP contribution >= 0.6 is 23.4 Å². The number of halogens is 1. The molecule has 1 heterocycles. The Balaban J connectivity index is 2.15. The fraction of sp³-hybridized carbons (Fsp3) is 0.0714. The van der Waals surface area contributed by atoms with Crippen molar-refractivity contribution in [1.29, 1.82) is 0 Å². The molecular weight excluding hydrogens is 294 g/mol. The second kappa shape index (κ2) is 7.07. The number of nitrogens with one attached hydrogen (secondary N) is 1. The molecule has 0 unspecified atom stereocenters. The Morgan fingerprint density at radius 2 is 2.15 bits per heavy atom. The molecule has 0 atom stereocenters. The molecule has 0 aliphatic carbocycles. The van der Waals surface area contributed by atoms with Gasteiger partial charge in [0.1, 0.15) is 10.8 Å². The van der Waals surface area contributed by atoms with E-state index in [1.165, 1.54) is 12.4 Å². The molecule has 0 spiro atoms. The summed E-state index contributed by atoms with van der Waals surface area (Å²) in [6.07, 6.45) is 4.50. The van der Waals surface area contributed by atoms with Gasteiger partial charge in [0.25, 0.3) is 5.91 Å². The number of thioether (sulfide) groups is 1. The summed E-state index contributed by atoms with van der Waals surface area (Å²) in [6.45, 7) is 3.68. The normalized spacial score (nSPS) is 10.1. The zero-order chi connectivity index (χ0) is 14.4. The van der Waals surface area contributed by atoms with Gasteiger partial charge in [0.2, 0.25) is 0 Å². The minimum Gasteiger partial charge on any atom is -0.320 e. The van der Waals surface area contributed by atoms with E-state index < -0.39 is 0 Å². The highest BCUT2D eigenvalue weighted by atomic mass is 35.5. The van der Waals surface area contributed by atoms with Crippen molar-refractivity contribution in [3.8, 4) is 0 Å². The molecule has 0 saturated heterocycles. The highest BCUT2D eigenvalue weighted by molar-refractivity contribution is 7.99. The first-order valence-corrected chi connectivity index (χ1v) is 7.18. The number of nitrogens with zero attached hydrogens (tertiary/aromatic N) is 2. The number of aromatic nitrogens is 2. The number of hydrogen-bond donors (Lipinski definition) is 1. The predicted molar refractivity (Wildman–Crippen MR) is 82.4 cm³/mol. The molecule has 0 radical (unpaired) electrons. The number of anilines is 1. The Kier molecular flexibility index (Phi) is 5.15. The number of rotatable bonds is 5. The number of carbonyl (C=O) groups is 1. The van der Waals surface area contributed by atoms with Gasteiger partial charge in [0.05, 0.1) is 18.1 Å². The average molecular weight is 306 g/mol. The standard InChI is InChI=1S/C14H12ClN3OS/c1-2-7-20-12-6-4-3-5-10(12)18-14(19)11-8-17-13(15)9-16-11/h2-6,8-9H,1,7H2,(H,18,19). The van der Waals surface area contributed by atoms with E-state index in [1.807, 2.05) is 30.3 Å². The summed E-state index contributed by atoms with van der Waals surface area (Å²) in [4.78, 5) is 20.8. The average Bonchev–Trinajstić information content (AvgIpc) is 2.47. The van der Waals surface area contributed by atoms with Crippen molar-refractivity contribution in [1.82, 2.24) is 9.97 Å². The molecular formula is C14H12ClN3OS. The van der Waals surface area contributed by atoms with Gasteiger partial charge in [0.15, 0.2) is 0 Å². The number of carbonyl (C=O) groups excluding carboxylic acids is 1. The van der Waals surface area contributed by atoms with Gasteiger partial charge >= 0.3 is 0 Å². The van der Waals surface area contributed by atoms with Gasteiger partial charge < -0.3 is 5.32 Å². The van der Waals surface area contributed by atoms with E-state index in [1.54, 1.807) is 11.8 Å². The first-order valence-electron chi connectivity index (χ1n) is 5.82. The number of hydrogen-bond acceptors (Lipinski definition) is 4. The van der Waals surface area contributed by atoms with Gasteiger partial charge in [-0.2, -0.15) is 0 Å². The molecule has 1 aromatic heterocycles. The van der Waals surface area contributed by atoms with E-state index in [-0.39, 0.29) is 16.8 Å². The molecule has 2 rings (SSSR count). The van der Waals surface area contributed by atoms with E-state index >= 15 is 0 Å². The Morgan fingerprint density at radius 3 is 2.85 bits per heavy atom. The van der Waals surface area contributed by atoms with Crippen LogP contribution in [0.25, 0.3) is 0 Å². The minimum absolute atomic E-state index is 0.220. The Labute approximate surface area is 126 Å². The Morgan fingerprint density at radius 1 is 1.35 bits per heavy atom. The molecule has 0 bridgehead atoms. The summed E-state index contributed by atoms with van der Waals surface area (Å²) >= 11 is 7.24. The SMILES string of the molecule is C=CCSc1ccccc1NC(=O)c1cnc(Cl)cn1. The van der Waals surface area contributed by atoms with Crippen LogP contribution in [0, 0.1) is 0 Å². The third-order valence-electron chi connectivity index (χ3n) is 2.34. The molecule has 20 heavy (non-hydrogen) atoms. The lowest BCUT2D eigenvalue weighted by molar-refractivity contribution is 0.102. The number of benzene rings is 1. The fourth-order valence-electron chi connectivity index (χ4n) is 1.46. The van der Waals surface area contributed by atoms with Crippen molar-refractivity contribution in [2.24, 2.45) is 0 Å². The van der Waals surface area contributed by atoms with Crippen molar-refractivity contribution in [3.05, 3.63) is 60.2 Å². The summed E-state index contributed by atoms with van der Waals surface area (Å²) in [6, 6.07) is 7.56. The lowest BCUT2D eigenvalue weighted by Crippen LogP contribution is -2.14. The van der Waals surface area contributed by atoms with E-state index in [0.29, 0.717) is 0 Å². The van der Waals surface area contributed by atoms with E-state index in [0.717, 1.165) is 16.3 Å². The van der Waals surface area contributed by atoms with Crippen molar-refractivity contribution < 1.29 is 4.79 Å². The number of para-hydroxylation sites is 1. The van der Waals surface area contributed by atoms with Crippen LogP contribution < -0.4 is 5.32 Å². The van der Waals surface area contributed by atoms with E-state index in [2.05, 4.69) is 21.9 Å². The van der Waals surface area contributed by atoms with Gasteiger partial charge in [-0.25, -0.2) is 9.97 Å². The third-order valence-corrected chi connectivity index (χ3v) is 3.61. The fourth-order valence-corrected chi connectivity index (χ4v) is 2.30. The van der Waals surface area contributed by atoms with Crippen LogP contribution in [0.4, 0.5) is 5.69 Å². The maximum atomic E-state index is 12.1. The third kappa shape index (κ3) is 3.82.